The van der Waals surface area contributed by atoms with Gasteiger partial charge in [-0.2, -0.15) is 5.10 Å². The molecule has 17 heavy (non-hydrogen) atoms. The molecule has 2 aromatic rings. The molecule has 0 saturated heterocycles. The molecule has 0 aliphatic carbocycles. The molecule has 2 nitrogen and oxygen atoms in total. The maximum absolute atomic E-state index is 6.46. The Kier molecular flexibility index (Phi) is 3.53. The quantitative estimate of drug-likeness (QED) is 0.805. The molecule has 0 N–H and O–H groups in total. The molecule has 0 aliphatic heterocycles. The summed E-state index contributed by atoms with van der Waals surface area (Å²) in [6.07, 6.45) is 4.84. The third kappa shape index (κ3) is 2.70. The summed E-state index contributed by atoms with van der Waals surface area (Å²) in [7, 11) is 1.91. The first-order valence-corrected chi connectivity index (χ1v) is 6.22. The van der Waals surface area contributed by atoms with Crippen molar-refractivity contribution < 1.29 is 0 Å². The summed E-state index contributed by atoms with van der Waals surface area (Å²) in [5, 5.41) is 5.04. The minimum atomic E-state index is 0.608. The van der Waals surface area contributed by atoms with Crippen LogP contribution in [0.1, 0.15) is 19.4 Å². The standard InChI is InChI=1S/C14H17ClN2/c1-10(2)7-11-5-4-6-13(14(11)15)12-8-16-17(3)9-12/h4-6,8-10H,7H2,1-3H3. The molecule has 0 atom stereocenters. The molecule has 2 rings (SSSR count). The van der Waals surface area contributed by atoms with Crippen LogP contribution in [-0.4, -0.2) is 9.78 Å². The molecule has 1 aromatic heterocycles. The summed E-state index contributed by atoms with van der Waals surface area (Å²) in [5.41, 5.74) is 3.35. The van der Waals surface area contributed by atoms with Crippen molar-refractivity contribution in [2.75, 3.05) is 0 Å². The Labute approximate surface area is 107 Å². The van der Waals surface area contributed by atoms with E-state index in [9.17, 15) is 0 Å². The summed E-state index contributed by atoms with van der Waals surface area (Å²) >= 11 is 6.46. The van der Waals surface area contributed by atoms with Crippen LogP contribution in [0.3, 0.4) is 0 Å². The van der Waals surface area contributed by atoms with Crippen LogP contribution in [0, 0.1) is 5.92 Å². The summed E-state index contributed by atoms with van der Waals surface area (Å²) in [6.45, 7) is 4.40. The van der Waals surface area contributed by atoms with Crippen LogP contribution in [0.25, 0.3) is 11.1 Å². The Morgan fingerprint density at radius 3 is 2.71 bits per heavy atom. The van der Waals surface area contributed by atoms with E-state index < -0.39 is 0 Å². The smallest absolute Gasteiger partial charge is 0.0568 e. The zero-order chi connectivity index (χ0) is 12.4. The van der Waals surface area contributed by atoms with Gasteiger partial charge in [0.2, 0.25) is 0 Å². The lowest BCUT2D eigenvalue weighted by atomic mass is 9.99. The third-order valence-electron chi connectivity index (χ3n) is 2.72. The molecule has 3 heteroatoms. The summed E-state index contributed by atoms with van der Waals surface area (Å²) in [4.78, 5) is 0. The van der Waals surface area contributed by atoms with Gasteiger partial charge in [0.1, 0.15) is 0 Å². The minimum Gasteiger partial charge on any atom is -0.275 e. The van der Waals surface area contributed by atoms with E-state index >= 15 is 0 Å². The van der Waals surface area contributed by atoms with Gasteiger partial charge in [0.05, 0.1) is 11.2 Å². The lowest BCUT2D eigenvalue weighted by Crippen LogP contribution is -1.95. The Balaban J connectivity index is 2.42. The average molecular weight is 249 g/mol. The van der Waals surface area contributed by atoms with Gasteiger partial charge in [-0.3, -0.25) is 4.68 Å². The summed E-state index contributed by atoms with van der Waals surface area (Å²) in [6, 6.07) is 6.21. The van der Waals surface area contributed by atoms with Crippen molar-refractivity contribution in [3.63, 3.8) is 0 Å². The highest BCUT2D eigenvalue weighted by molar-refractivity contribution is 6.34. The Hall–Kier alpha value is -1.28. The van der Waals surface area contributed by atoms with Crippen molar-refractivity contribution in [1.82, 2.24) is 9.78 Å². The van der Waals surface area contributed by atoms with E-state index in [4.69, 9.17) is 11.6 Å². The third-order valence-corrected chi connectivity index (χ3v) is 3.17. The fourth-order valence-electron chi connectivity index (χ4n) is 1.96. The number of halogens is 1. The van der Waals surface area contributed by atoms with Gasteiger partial charge in [-0.15, -0.1) is 0 Å². The van der Waals surface area contributed by atoms with Gasteiger partial charge in [0.15, 0.2) is 0 Å². The Bertz CT molecular complexity index is 515. The fourth-order valence-corrected chi connectivity index (χ4v) is 2.27. The average Bonchev–Trinajstić information content (AvgIpc) is 2.67. The van der Waals surface area contributed by atoms with E-state index in [1.165, 1.54) is 5.56 Å². The number of hydrogen-bond donors (Lipinski definition) is 0. The van der Waals surface area contributed by atoms with Gasteiger partial charge < -0.3 is 0 Å². The molecule has 0 saturated carbocycles. The van der Waals surface area contributed by atoms with Gasteiger partial charge >= 0.3 is 0 Å². The number of benzene rings is 1. The van der Waals surface area contributed by atoms with Crippen LogP contribution >= 0.6 is 11.6 Å². The van der Waals surface area contributed by atoms with E-state index in [1.54, 1.807) is 4.68 Å². The first-order chi connectivity index (χ1) is 8.08. The van der Waals surface area contributed by atoms with E-state index in [-0.39, 0.29) is 0 Å². The second kappa shape index (κ2) is 4.92. The van der Waals surface area contributed by atoms with Gasteiger partial charge in [-0.1, -0.05) is 43.6 Å². The number of rotatable bonds is 3. The predicted octanol–water partition coefficient (Wildman–Crippen LogP) is 3.94. The van der Waals surface area contributed by atoms with Crippen molar-refractivity contribution in [3.8, 4) is 11.1 Å². The lowest BCUT2D eigenvalue weighted by Gasteiger charge is -2.10. The van der Waals surface area contributed by atoms with E-state index in [0.29, 0.717) is 5.92 Å². The van der Waals surface area contributed by atoms with Crippen molar-refractivity contribution in [1.29, 1.82) is 0 Å². The Morgan fingerprint density at radius 2 is 2.12 bits per heavy atom. The molecule has 0 aliphatic rings. The van der Waals surface area contributed by atoms with Gasteiger partial charge in [0, 0.05) is 24.4 Å². The van der Waals surface area contributed by atoms with Crippen molar-refractivity contribution in [2.45, 2.75) is 20.3 Å². The maximum Gasteiger partial charge on any atom is 0.0568 e. The van der Waals surface area contributed by atoms with E-state index in [0.717, 1.165) is 22.6 Å². The van der Waals surface area contributed by atoms with Crippen LogP contribution in [-0.2, 0) is 13.5 Å². The zero-order valence-electron chi connectivity index (χ0n) is 10.4. The molecule has 1 aromatic carbocycles. The van der Waals surface area contributed by atoms with Gasteiger partial charge in [-0.05, 0) is 17.9 Å². The molecule has 0 bridgehead atoms. The van der Waals surface area contributed by atoms with Crippen LogP contribution in [0.5, 0.6) is 0 Å². The number of hydrogen-bond acceptors (Lipinski definition) is 1. The van der Waals surface area contributed by atoms with Gasteiger partial charge in [0.25, 0.3) is 0 Å². The Morgan fingerprint density at radius 1 is 1.35 bits per heavy atom. The topological polar surface area (TPSA) is 17.8 Å². The zero-order valence-corrected chi connectivity index (χ0v) is 11.2. The van der Waals surface area contributed by atoms with E-state index in [2.05, 4.69) is 31.1 Å². The molecule has 0 amide bonds. The highest BCUT2D eigenvalue weighted by Gasteiger charge is 2.10. The van der Waals surface area contributed by atoms with Crippen LogP contribution < -0.4 is 0 Å². The maximum atomic E-state index is 6.46. The van der Waals surface area contributed by atoms with Crippen molar-refractivity contribution in [2.24, 2.45) is 13.0 Å². The van der Waals surface area contributed by atoms with Crippen molar-refractivity contribution >= 4 is 11.6 Å². The fraction of sp³-hybridized carbons (Fsp3) is 0.357. The monoisotopic (exact) mass is 248 g/mol. The van der Waals surface area contributed by atoms with Crippen LogP contribution in [0.2, 0.25) is 5.02 Å². The highest BCUT2D eigenvalue weighted by atomic mass is 35.5. The van der Waals surface area contributed by atoms with E-state index in [1.807, 2.05) is 25.5 Å². The second-order valence-corrected chi connectivity index (χ2v) is 5.16. The molecule has 0 radical (unpaired) electrons. The molecule has 0 fully saturated rings. The molecule has 0 spiro atoms. The number of nitrogens with zero attached hydrogens (tertiary/aromatic N) is 2. The molecule has 90 valence electrons. The lowest BCUT2D eigenvalue weighted by molar-refractivity contribution is 0.647. The first kappa shape index (κ1) is 12.2. The number of aryl methyl sites for hydroxylation is 1. The molecular formula is C14H17ClN2. The largest absolute Gasteiger partial charge is 0.275 e. The van der Waals surface area contributed by atoms with Gasteiger partial charge in [-0.25, -0.2) is 0 Å². The summed E-state index contributed by atoms with van der Waals surface area (Å²) < 4.78 is 1.79. The second-order valence-electron chi connectivity index (χ2n) is 4.78. The highest BCUT2D eigenvalue weighted by Crippen LogP contribution is 2.31. The first-order valence-electron chi connectivity index (χ1n) is 5.84. The summed E-state index contributed by atoms with van der Waals surface area (Å²) in [5.74, 6) is 0.608. The molecule has 1 heterocycles. The van der Waals surface area contributed by atoms with Crippen LogP contribution in [0.4, 0.5) is 0 Å². The normalized spacial score (nSPS) is 11.1. The van der Waals surface area contributed by atoms with Crippen molar-refractivity contribution in [3.05, 3.63) is 41.2 Å². The SMILES string of the molecule is CC(C)Cc1cccc(-c2cnn(C)c2)c1Cl. The minimum absolute atomic E-state index is 0.608. The number of aromatic nitrogens is 2. The predicted molar refractivity (Wildman–Crippen MR) is 72.2 cm³/mol. The van der Waals surface area contributed by atoms with Crippen LogP contribution in [0.15, 0.2) is 30.6 Å². The molecule has 0 unspecified atom stereocenters. The molecular weight excluding hydrogens is 232 g/mol.